The lowest BCUT2D eigenvalue weighted by atomic mass is 10.1. The van der Waals surface area contributed by atoms with Crippen molar-refractivity contribution in [3.63, 3.8) is 0 Å². The van der Waals surface area contributed by atoms with Crippen molar-refractivity contribution in [1.82, 2.24) is 4.72 Å². The molecule has 0 aliphatic rings. The summed E-state index contributed by atoms with van der Waals surface area (Å²) in [5.41, 5.74) is 0.903. The van der Waals surface area contributed by atoms with E-state index in [1.807, 2.05) is 30.3 Å². The first-order valence-corrected chi connectivity index (χ1v) is 9.27. The van der Waals surface area contributed by atoms with Crippen LogP contribution in [-0.2, 0) is 35.5 Å². The fraction of sp³-hybridized carbons (Fsp3) is 0.412. The van der Waals surface area contributed by atoms with E-state index in [0.717, 1.165) is 17.7 Å². The summed E-state index contributed by atoms with van der Waals surface area (Å²) in [5.74, 6) is -1.44. The van der Waals surface area contributed by atoms with Gasteiger partial charge in [-0.1, -0.05) is 30.3 Å². The zero-order valence-electron chi connectivity index (χ0n) is 14.5. The summed E-state index contributed by atoms with van der Waals surface area (Å²) in [6, 6.07) is 8.63. The predicted molar refractivity (Wildman–Crippen MR) is 93.2 cm³/mol. The lowest BCUT2D eigenvalue weighted by Gasteiger charge is -2.20. The van der Waals surface area contributed by atoms with E-state index >= 15 is 0 Å². The van der Waals surface area contributed by atoms with Gasteiger partial charge in [0.1, 0.15) is 6.61 Å². The second-order valence-electron chi connectivity index (χ2n) is 5.58. The van der Waals surface area contributed by atoms with Crippen molar-refractivity contribution >= 4 is 22.0 Å². The molecule has 0 saturated heterocycles. The van der Waals surface area contributed by atoms with Crippen molar-refractivity contribution in [3.8, 4) is 0 Å². The molecule has 0 aliphatic heterocycles. The molecule has 1 rings (SSSR count). The monoisotopic (exact) mass is 369 g/mol. The molecule has 8 heteroatoms. The maximum atomic E-state index is 12.1. The molecule has 0 spiro atoms. The molecule has 0 saturated carbocycles. The van der Waals surface area contributed by atoms with E-state index in [0.29, 0.717) is 6.42 Å². The third-order valence-electron chi connectivity index (χ3n) is 3.26. The molecule has 1 N–H and O–H groups in total. The van der Waals surface area contributed by atoms with Gasteiger partial charge in [-0.15, -0.1) is 0 Å². The van der Waals surface area contributed by atoms with Gasteiger partial charge in [-0.25, -0.2) is 22.7 Å². The maximum Gasteiger partial charge on any atom is 0.331 e. The molecule has 0 amide bonds. The minimum atomic E-state index is -3.53. The third-order valence-corrected chi connectivity index (χ3v) is 5.16. The number of benzene rings is 1. The second kappa shape index (κ2) is 9.95. The zero-order valence-corrected chi connectivity index (χ0v) is 15.3. The van der Waals surface area contributed by atoms with E-state index in [4.69, 9.17) is 4.74 Å². The summed E-state index contributed by atoms with van der Waals surface area (Å²) < 4.78 is 36.2. The first-order valence-electron chi connectivity index (χ1n) is 7.72. The topological polar surface area (TPSA) is 98.8 Å². The Balaban J connectivity index is 2.75. The van der Waals surface area contributed by atoms with Crippen molar-refractivity contribution in [1.29, 1.82) is 0 Å². The summed E-state index contributed by atoms with van der Waals surface area (Å²) in [6.45, 7) is 2.96. The van der Waals surface area contributed by atoms with Crippen molar-refractivity contribution in [2.24, 2.45) is 0 Å². The number of hydrogen-bond acceptors (Lipinski definition) is 6. The molecule has 0 heterocycles. The number of carbonyl (C=O) groups excluding carboxylic acids is 2. The van der Waals surface area contributed by atoms with Gasteiger partial charge in [-0.2, -0.15) is 0 Å². The van der Waals surface area contributed by atoms with E-state index in [9.17, 15) is 18.0 Å². The summed E-state index contributed by atoms with van der Waals surface area (Å²) in [5, 5.41) is -0.610. The van der Waals surface area contributed by atoms with Crippen LogP contribution < -0.4 is 4.72 Å². The van der Waals surface area contributed by atoms with E-state index in [1.54, 1.807) is 13.8 Å². The Hall–Kier alpha value is -2.19. The van der Waals surface area contributed by atoms with E-state index in [1.165, 1.54) is 7.11 Å². The normalized spacial score (nSPS) is 13.0. The zero-order chi connectivity index (χ0) is 18.9. The van der Waals surface area contributed by atoms with Crippen LogP contribution in [0.1, 0.15) is 19.4 Å². The molecule has 1 atom stereocenters. The molecule has 0 radical (unpaired) electrons. The van der Waals surface area contributed by atoms with Crippen LogP contribution in [0, 0.1) is 0 Å². The summed E-state index contributed by atoms with van der Waals surface area (Å²) >= 11 is 0. The highest BCUT2D eigenvalue weighted by Crippen LogP contribution is 2.07. The van der Waals surface area contributed by atoms with E-state index in [-0.39, 0.29) is 6.61 Å². The molecule has 7 nitrogen and oxygen atoms in total. The van der Waals surface area contributed by atoms with Gasteiger partial charge in [0.05, 0.1) is 18.4 Å². The molecule has 25 heavy (non-hydrogen) atoms. The van der Waals surface area contributed by atoms with Crippen molar-refractivity contribution in [2.75, 3.05) is 13.7 Å². The number of nitrogens with one attached hydrogen (secondary N) is 1. The third kappa shape index (κ3) is 7.95. The smallest absolute Gasteiger partial charge is 0.331 e. The Kier molecular flexibility index (Phi) is 8.30. The number of ether oxygens (including phenoxy) is 2. The maximum absolute atomic E-state index is 12.1. The van der Waals surface area contributed by atoms with Crippen LogP contribution in [0.25, 0.3) is 0 Å². The first kappa shape index (κ1) is 20.9. The average molecular weight is 369 g/mol. The fourth-order valence-electron chi connectivity index (χ4n) is 1.84. The van der Waals surface area contributed by atoms with Gasteiger partial charge >= 0.3 is 11.9 Å². The van der Waals surface area contributed by atoms with E-state index < -0.39 is 33.3 Å². The lowest BCUT2D eigenvalue weighted by Crippen LogP contribution is -2.43. The summed E-state index contributed by atoms with van der Waals surface area (Å²) in [7, 11) is -2.34. The molecule has 0 aromatic heterocycles. The minimum absolute atomic E-state index is 0.162. The Morgan fingerprint density at radius 3 is 2.28 bits per heavy atom. The molecular formula is C17H23NO6S. The molecule has 138 valence electrons. The average Bonchev–Trinajstić information content (AvgIpc) is 2.58. The highest BCUT2D eigenvalue weighted by atomic mass is 32.2. The lowest BCUT2D eigenvalue weighted by molar-refractivity contribution is -0.139. The van der Waals surface area contributed by atoms with E-state index in [2.05, 4.69) is 9.46 Å². The molecule has 1 aromatic carbocycles. The van der Waals surface area contributed by atoms with Gasteiger partial charge in [0, 0.05) is 12.2 Å². The Morgan fingerprint density at radius 2 is 1.72 bits per heavy atom. The Labute approximate surface area is 148 Å². The van der Waals surface area contributed by atoms with Crippen molar-refractivity contribution in [3.05, 3.63) is 48.0 Å². The van der Waals surface area contributed by atoms with Crippen LogP contribution in [0.15, 0.2) is 42.5 Å². The van der Waals surface area contributed by atoms with Crippen molar-refractivity contribution in [2.45, 2.75) is 31.6 Å². The molecule has 1 unspecified atom stereocenters. The Morgan fingerprint density at radius 1 is 1.12 bits per heavy atom. The number of rotatable bonds is 9. The molecular weight excluding hydrogens is 346 g/mol. The van der Waals surface area contributed by atoms with Crippen LogP contribution in [-0.4, -0.2) is 45.4 Å². The van der Waals surface area contributed by atoms with Crippen LogP contribution in [0.5, 0.6) is 0 Å². The van der Waals surface area contributed by atoms with Crippen molar-refractivity contribution < 1.29 is 27.5 Å². The van der Waals surface area contributed by atoms with Gasteiger partial charge < -0.3 is 9.47 Å². The van der Waals surface area contributed by atoms with Crippen LogP contribution in [0.4, 0.5) is 0 Å². The molecule has 0 bridgehead atoms. The predicted octanol–water partition coefficient (Wildman–Crippen LogP) is 1.20. The van der Waals surface area contributed by atoms with Crippen LogP contribution in [0.2, 0.25) is 0 Å². The van der Waals surface area contributed by atoms with Gasteiger partial charge in [0.25, 0.3) is 0 Å². The number of hydrogen-bond donors (Lipinski definition) is 1. The molecule has 0 aliphatic carbocycles. The molecule has 0 fully saturated rings. The van der Waals surface area contributed by atoms with Gasteiger partial charge in [0.15, 0.2) is 0 Å². The SMILES string of the molecule is COC(=O)C=CC(=O)OCC(Cc1ccccc1)NS(=O)(=O)C(C)C. The first-order chi connectivity index (χ1) is 11.7. The van der Waals surface area contributed by atoms with Crippen LogP contribution in [0.3, 0.4) is 0 Å². The largest absolute Gasteiger partial charge is 0.466 e. The molecule has 1 aromatic rings. The number of esters is 2. The number of carbonyl (C=O) groups is 2. The minimum Gasteiger partial charge on any atom is -0.466 e. The van der Waals surface area contributed by atoms with Gasteiger partial charge in [0.2, 0.25) is 10.0 Å². The Bertz CT molecular complexity index is 697. The standard InChI is InChI=1S/C17H23NO6S/c1-13(2)25(21,22)18-15(11-14-7-5-4-6-8-14)12-24-17(20)10-9-16(19)23-3/h4-10,13,15,18H,11-12H2,1-3H3. The van der Waals surface area contributed by atoms with Gasteiger partial charge in [-0.05, 0) is 25.8 Å². The number of methoxy groups -OCH3 is 1. The second-order valence-corrected chi connectivity index (χ2v) is 7.85. The van der Waals surface area contributed by atoms with Crippen LogP contribution >= 0.6 is 0 Å². The fourth-order valence-corrected chi connectivity index (χ4v) is 2.72. The highest BCUT2D eigenvalue weighted by molar-refractivity contribution is 7.90. The summed E-state index contributed by atoms with van der Waals surface area (Å²) in [6.07, 6.45) is 2.23. The highest BCUT2D eigenvalue weighted by Gasteiger charge is 2.22. The summed E-state index contributed by atoms with van der Waals surface area (Å²) in [4.78, 5) is 22.6. The quantitative estimate of drug-likeness (QED) is 0.519. The number of sulfonamides is 1. The van der Waals surface area contributed by atoms with Gasteiger partial charge in [-0.3, -0.25) is 0 Å².